The number of nitrogens with zero attached hydrogens (tertiary/aromatic N) is 1. The van der Waals surface area contributed by atoms with Crippen LogP contribution in [0.15, 0.2) is 24.3 Å². The topological polar surface area (TPSA) is 74.7 Å². The van der Waals surface area contributed by atoms with E-state index in [-0.39, 0.29) is 24.8 Å². The van der Waals surface area contributed by atoms with E-state index < -0.39 is 21.9 Å². The molecule has 0 aromatic heterocycles. The van der Waals surface area contributed by atoms with E-state index in [0.29, 0.717) is 10.6 Å². The quantitative estimate of drug-likeness (QED) is 0.919. The van der Waals surface area contributed by atoms with E-state index in [1.54, 1.807) is 31.2 Å². The summed E-state index contributed by atoms with van der Waals surface area (Å²) in [6, 6.07) is 6.76. The maximum atomic E-state index is 12.3. The molecule has 0 aliphatic carbocycles. The minimum atomic E-state index is -3.55. The van der Waals surface area contributed by atoms with E-state index in [4.69, 9.17) is 16.7 Å². The zero-order valence-electron chi connectivity index (χ0n) is 11.0. The van der Waals surface area contributed by atoms with Gasteiger partial charge in [0, 0.05) is 18.1 Å². The van der Waals surface area contributed by atoms with Gasteiger partial charge in [-0.3, -0.25) is 4.79 Å². The Labute approximate surface area is 123 Å². The monoisotopic (exact) mass is 317 g/mol. The molecule has 0 bridgehead atoms. The molecule has 20 heavy (non-hydrogen) atoms. The third kappa shape index (κ3) is 3.13. The molecule has 5 nitrogen and oxygen atoms in total. The van der Waals surface area contributed by atoms with Gasteiger partial charge in [-0.1, -0.05) is 36.7 Å². The Bertz CT molecular complexity index is 617. The van der Waals surface area contributed by atoms with Crippen molar-refractivity contribution < 1.29 is 18.3 Å². The third-order valence-electron chi connectivity index (χ3n) is 3.59. The minimum Gasteiger partial charge on any atom is -0.481 e. The number of hydrogen-bond acceptors (Lipinski definition) is 3. The molecule has 1 saturated heterocycles. The molecule has 1 N–H and O–H groups in total. The largest absolute Gasteiger partial charge is 0.481 e. The fourth-order valence-corrected chi connectivity index (χ4v) is 4.33. The van der Waals surface area contributed by atoms with Crippen molar-refractivity contribution in [1.82, 2.24) is 4.31 Å². The van der Waals surface area contributed by atoms with Crippen LogP contribution >= 0.6 is 11.6 Å². The Morgan fingerprint density at radius 1 is 1.40 bits per heavy atom. The number of benzene rings is 1. The van der Waals surface area contributed by atoms with E-state index in [1.165, 1.54) is 4.31 Å². The van der Waals surface area contributed by atoms with Crippen molar-refractivity contribution in [2.24, 2.45) is 11.8 Å². The van der Waals surface area contributed by atoms with E-state index in [9.17, 15) is 13.2 Å². The van der Waals surface area contributed by atoms with Gasteiger partial charge in [-0.2, -0.15) is 0 Å². The van der Waals surface area contributed by atoms with Crippen LogP contribution < -0.4 is 0 Å². The molecular formula is C13H16ClNO4S. The molecule has 0 amide bonds. The van der Waals surface area contributed by atoms with Gasteiger partial charge in [0.05, 0.1) is 11.7 Å². The molecule has 7 heteroatoms. The van der Waals surface area contributed by atoms with Gasteiger partial charge in [0.2, 0.25) is 10.0 Å². The third-order valence-corrected chi connectivity index (χ3v) is 5.71. The standard InChI is InChI=1S/C13H16ClNO4S/c1-9-6-15(7-11(9)13(16)17)20(18,19)8-10-4-2-3-5-12(10)14/h2-5,9,11H,6-8H2,1H3,(H,16,17)/t9-,11-/m1/s1. The molecule has 0 unspecified atom stereocenters. The first-order valence-corrected chi connectivity index (χ1v) is 8.24. The predicted molar refractivity (Wildman–Crippen MR) is 75.9 cm³/mol. The minimum absolute atomic E-state index is 0.0310. The highest BCUT2D eigenvalue weighted by molar-refractivity contribution is 7.88. The normalized spacial score (nSPS) is 23.9. The van der Waals surface area contributed by atoms with Crippen molar-refractivity contribution in [3.05, 3.63) is 34.9 Å². The van der Waals surface area contributed by atoms with E-state index in [1.807, 2.05) is 0 Å². The van der Waals surface area contributed by atoms with Crippen LogP contribution in [0.25, 0.3) is 0 Å². The highest BCUT2D eigenvalue weighted by Crippen LogP contribution is 2.28. The second-order valence-electron chi connectivity index (χ2n) is 5.09. The molecule has 1 aliphatic heterocycles. The lowest BCUT2D eigenvalue weighted by Gasteiger charge is -2.16. The smallest absolute Gasteiger partial charge is 0.308 e. The number of carboxylic acid groups (broad SMARTS) is 1. The average molecular weight is 318 g/mol. The van der Waals surface area contributed by atoms with Crippen LogP contribution in [0.2, 0.25) is 5.02 Å². The summed E-state index contributed by atoms with van der Waals surface area (Å²) in [7, 11) is -3.55. The summed E-state index contributed by atoms with van der Waals surface area (Å²) in [6.45, 7) is 2.02. The molecule has 2 atom stereocenters. The predicted octanol–water partition coefficient (Wildman–Crippen LogP) is 1.82. The van der Waals surface area contributed by atoms with Gasteiger partial charge in [0.25, 0.3) is 0 Å². The maximum Gasteiger partial charge on any atom is 0.308 e. The first-order valence-electron chi connectivity index (χ1n) is 6.25. The molecule has 1 aromatic rings. The van der Waals surface area contributed by atoms with Gasteiger partial charge in [-0.15, -0.1) is 0 Å². The summed E-state index contributed by atoms with van der Waals surface area (Å²) >= 11 is 5.97. The van der Waals surface area contributed by atoms with E-state index in [2.05, 4.69) is 0 Å². The number of sulfonamides is 1. The summed E-state index contributed by atoms with van der Waals surface area (Å²) in [5.74, 6) is -1.98. The molecular weight excluding hydrogens is 302 g/mol. The lowest BCUT2D eigenvalue weighted by atomic mass is 9.99. The highest BCUT2D eigenvalue weighted by atomic mass is 35.5. The van der Waals surface area contributed by atoms with Crippen molar-refractivity contribution in [1.29, 1.82) is 0 Å². The zero-order chi connectivity index (χ0) is 14.9. The molecule has 0 spiro atoms. The molecule has 2 rings (SSSR count). The van der Waals surface area contributed by atoms with Gasteiger partial charge in [0.15, 0.2) is 0 Å². The number of carboxylic acids is 1. The molecule has 0 saturated carbocycles. The van der Waals surface area contributed by atoms with Crippen LogP contribution in [0.1, 0.15) is 12.5 Å². The van der Waals surface area contributed by atoms with Crippen LogP contribution in [0.3, 0.4) is 0 Å². The average Bonchev–Trinajstić information content (AvgIpc) is 2.75. The van der Waals surface area contributed by atoms with Gasteiger partial charge in [-0.25, -0.2) is 12.7 Å². The number of rotatable bonds is 4. The molecule has 1 aromatic carbocycles. The van der Waals surface area contributed by atoms with Crippen molar-refractivity contribution in [2.45, 2.75) is 12.7 Å². The van der Waals surface area contributed by atoms with Crippen LogP contribution in [-0.4, -0.2) is 36.9 Å². The Morgan fingerprint density at radius 2 is 2.05 bits per heavy atom. The Kier molecular flexibility index (Phi) is 4.36. The van der Waals surface area contributed by atoms with E-state index >= 15 is 0 Å². The summed E-state index contributed by atoms with van der Waals surface area (Å²) in [4.78, 5) is 11.1. The van der Waals surface area contributed by atoms with Crippen molar-refractivity contribution in [3.8, 4) is 0 Å². The second kappa shape index (κ2) is 5.71. The summed E-state index contributed by atoms with van der Waals surface area (Å²) in [6.07, 6.45) is 0. The summed E-state index contributed by atoms with van der Waals surface area (Å²) < 4.78 is 25.9. The number of hydrogen-bond donors (Lipinski definition) is 1. The molecule has 1 heterocycles. The number of halogens is 1. The van der Waals surface area contributed by atoms with Crippen molar-refractivity contribution in [3.63, 3.8) is 0 Å². The van der Waals surface area contributed by atoms with Crippen LogP contribution in [0.5, 0.6) is 0 Å². The van der Waals surface area contributed by atoms with Crippen LogP contribution in [0.4, 0.5) is 0 Å². The fourth-order valence-electron chi connectivity index (χ4n) is 2.37. The van der Waals surface area contributed by atoms with Gasteiger partial charge in [-0.05, 0) is 17.5 Å². The van der Waals surface area contributed by atoms with Crippen molar-refractivity contribution >= 4 is 27.6 Å². The second-order valence-corrected chi connectivity index (χ2v) is 7.46. The number of aliphatic carboxylic acids is 1. The SMILES string of the molecule is C[C@@H]1CN(S(=O)(=O)Cc2ccccc2Cl)C[C@H]1C(=O)O. The molecule has 1 fully saturated rings. The van der Waals surface area contributed by atoms with Crippen LogP contribution in [-0.2, 0) is 20.6 Å². The van der Waals surface area contributed by atoms with Gasteiger partial charge < -0.3 is 5.11 Å². The first-order chi connectivity index (χ1) is 9.31. The highest BCUT2D eigenvalue weighted by Gasteiger charge is 2.40. The maximum absolute atomic E-state index is 12.3. The Hall–Kier alpha value is -1.11. The Morgan fingerprint density at radius 3 is 2.60 bits per heavy atom. The number of carbonyl (C=O) groups is 1. The Balaban J connectivity index is 2.16. The zero-order valence-corrected chi connectivity index (χ0v) is 12.6. The van der Waals surface area contributed by atoms with Crippen molar-refractivity contribution in [2.75, 3.05) is 13.1 Å². The van der Waals surface area contributed by atoms with E-state index in [0.717, 1.165) is 0 Å². The summed E-state index contributed by atoms with van der Waals surface area (Å²) in [5, 5.41) is 9.46. The molecule has 110 valence electrons. The van der Waals surface area contributed by atoms with Crippen LogP contribution in [0, 0.1) is 11.8 Å². The first kappa shape index (κ1) is 15.3. The summed E-state index contributed by atoms with van der Waals surface area (Å²) in [5.41, 5.74) is 0.528. The lowest BCUT2D eigenvalue weighted by molar-refractivity contribution is -0.142. The van der Waals surface area contributed by atoms with Gasteiger partial charge >= 0.3 is 5.97 Å². The molecule has 1 aliphatic rings. The fraction of sp³-hybridized carbons (Fsp3) is 0.462. The lowest BCUT2D eigenvalue weighted by Crippen LogP contribution is -2.31. The molecule has 0 radical (unpaired) electrons. The van der Waals surface area contributed by atoms with Gasteiger partial charge in [0.1, 0.15) is 0 Å².